The molecule has 0 bridgehead atoms. The number of aryl methyl sites for hydroxylation is 1. The van der Waals surface area contributed by atoms with Crippen molar-refractivity contribution in [2.45, 2.75) is 50.8 Å². The molecule has 10 nitrogen and oxygen atoms in total. The lowest BCUT2D eigenvalue weighted by atomic mass is 9.95. The molecule has 1 unspecified atom stereocenters. The lowest BCUT2D eigenvalue weighted by Gasteiger charge is -2.24. The third-order valence-electron chi connectivity index (χ3n) is 6.37. The zero-order chi connectivity index (χ0) is 27.9. The molecule has 1 saturated carbocycles. The molecular formula is C27H27ClN8O2S. The van der Waals surface area contributed by atoms with Gasteiger partial charge in [-0.2, -0.15) is 20.0 Å². The van der Waals surface area contributed by atoms with E-state index < -0.39 is 16.6 Å². The predicted molar refractivity (Wildman–Crippen MR) is 150 cm³/mol. The van der Waals surface area contributed by atoms with Gasteiger partial charge < -0.3 is 10.6 Å². The summed E-state index contributed by atoms with van der Waals surface area (Å²) in [6, 6.07) is 10.2. The van der Waals surface area contributed by atoms with E-state index in [2.05, 4.69) is 31.1 Å². The number of carbonyl (C=O) groups is 2. The number of pyridine rings is 1. The minimum Gasteiger partial charge on any atom is -0.349 e. The fourth-order valence-corrected chi connectivity index (χ4v) is 5.53. The number of benzene rings is 1. The minimum absolute atomic E-state index is 0.0535. The number of hydrogen-bond acceptors (Lipinski definition) is 7. The molecule has 1 atom stereocenters. The zero-order valence-electron chi connectivity index (χ0n) is 21.6. The van der Waals surface area contributed by atoms with E-state index >= 15 is 0 Å². The van der Waals surface area contributed by atoms with E-state index in [0.29, 0.717) is 33.3 Å². The summed E-state index contributed by atoms with van der Waals surface area (Å²) in [5.74, 6) is -0.276. The number of halogens is 1. The summed E-state index contributed by atoms with van der Waals surface area (Å²) in [6.45, 7) is 1.73. The average Bonchev–Trinajstić information content (AvgIpc) is 3.33. The molecule has 1 aliphatic carbocycles. The van der Waals surface area contributed by atoms with Crippen LogP contribution in [0.25, 0.3) is 5.82 Å². The first-order valence-corrected chi connectivity index (χ1v) is 14.5. The van der Waals surface area contributed by atoms with Crippen molar-refractivity contribution in [3.63, 3.8) is 0 Å². The summed E-state index contributed by atoms with van der Waals surface area (Å²) >= 11 is 6.38. The number of nitrogens with one attached hydrogen (secondary N) is 2. The first-order chi connectivity index (χ1) is 18.8. The van der Waals surface area contributed by atoms with E-state index in [9.17, 15) is 14.9 Å². The van der Waals surface area contributed by atoms with Gasteiger partial charge in [0.05, 0.1) is 33.6 Å². The number of nitriles is 2. The molecule has 3 aromatic rings. The summed E-state index contributed by atoms with van der Waals surface area (Å²) in [5, 5.41) is 29.2. The van der Waals surface area contributed by atoms with Gasteiger partial charge in [-0.15, -0.1) is 0 Å². The molecule has 2 heterocycles. The maximum absolute atomic E-state index is 13.7. The van der Waals surface area contributed by atoms with Crippen LogP contribution in [0.1, 0.15) is 69.8 Å². The van der Waals surface area contributed by atoms with E-state index in [4.69, 9.17) is 16.9 Å². The molecule has 0 spiro atoms. The largest absolute Gasteiger partial charge is 0.349 e. The number of rotatable bonds is 7. The quantitative estimate of drug-likeness (QED) is 0.394. The summed E-state index contributed by atoms with van der Waals surface area (Å²) in [4.78, 5) is 31.3. The molecule has 1 aromatic carbocycles. The van der Waals surface area contributed by atoms with Crippen LogP contribution >= 0.6 is 11.6 Å². The van der Waals surface area contributed by atoms with Crippen molar-refractivity contribution in [3.8, 4) is 18.1 Å². The van der Waals surface area contributed by atoms with Crippen LogP contribution in [0.5, 0.6) is 0 Å². The Labute approximate surface area is 234 Å². The molecule has 1 fully saturated rings. The van der Waals surface area contributed by atoms with Crippen molar-refractivity contribution in [1.82, 2.24) is 20.1 Å². The Hall–Kier alpha value is -4.06. The highest BCUT2D eigenvalue weighted by Crippen LogP contribution is 2.27. The molecule has 0 saturated heterocycles. The van der Waals surface area contributed by atoms with Crippen LogP contribution in [-0.2, 0) is 16.4 Å². The van der Waals surface area contributed by atoms with Gasteiger partial charge in [-0.3, -0.25) is 9.59 Å². The van der Waals surface area contributed by atoms with E-state index in [-0.39, 0.29) is 29.0 Å². The lowest BCUT2D eigenvalue weighted by molar-refractivity contribution is 0.0928. The normalized spacial score (nSPS) is 14.3. The molecule has 0 aliphatic heterocycles. The van der Waals surface area contributed by atoms with Gasteiger partial charge in [0.25, 0.3) is 11.8 Å². The Morgan fingerprint density at radius 1 is 1.21 bits per heavy atom. The monoisotopic (exact) mass is 562 g/mol. The Bertz CT molecular complexity index is 1530. The molecule has 2 amide bonds. The van der Waals surface area contributed by atoms with Crippen LogP contribution in [0.15, 0.2) is 40.9 Å². The highest BCUT2D eigenvalue weighted by atomic mass is 35.5. The van der Waals surface area contributed by atoms with E-state index in [0.717, 1.165) is 32.1 Å². The van der Waals surface area contributed by atoms with Gasteiger partial charge in [-0.05, 0) is 61.9 Å². The molecule has 200 valence electrons. The van der Waals surface area contributed by atoms with E-state index in [1.807, 2.05) is 0 Å². The fraction of sp³-hybridized carbons (Fsp3) is 0.333. The second-order valence-electron chi connectivity index (χ2n) is 9.27. The van der Waals surface area contributed by atoms with Crippen LogP contribution in [0.3, 0.4) is 0 Å². The fourth-order valence-electron chi connectivity index (χ4n) is 4.56. The van der Waals surface area contributed by atoms with Crippen molar-refractivity contribution < 1.29 is 9.59 Å². The van der Waals surface area contributed by atoms with Crippen LogP contribution in [0.2, 0.25) is 5.02 Å². The van der Waals surface area contributed by atoms with Crippen molar-refractivity contribution in [2.24, 2.45) is 4.36 Å². The lowest BCUT2D eigenvalue weighted by Crippen LogP contribution is -2.36. The van der Waals surface area contributed by atoms with Crippen molar-refractivity contribution in [3.05, 3.63) is 69.6 Å². The second-order valence-corrected chi connectivity index (χ2v) is 11.3. The maximum Gasteiger partial charge on any atom is 0.274 e. The molecule has 2 aromatic heterocycles. The molecular weight excluding hydrogens is 536 g/mol. The van der Waals surface area contributed by atoms with Crippen molar-refractivity contribution >= 4 is 39.8 Å². The Balaban J connectivity index is 1.72. The smallest absolute Gasteiger partial charge is 0.274 e. The third-order valence-corrected chi connectivity index (χ3v) is 7.78. The third kappa shape index (κ3) is 6.69. The topological polar surface area (TPSA) is 149 Å². The standard InChI is InChI=1S/C27H27ClN8O2S/c1-17-11-18(14-29)12-21(26(37)33-19-7-4-3-5-8-19)24(17)34-27(38)23-13-20(15-39(2)32-16-30)35-36(23)25-22(28)9-6-10-31-25/h6,9-13,19H,3-5,7-8,15H2,1-2H3,(H,33,37)(H,34,38). The van der Waals surface area contributed by atoms with Gasteiger partial charge in [0.1, 0.15) is 5.69 Å². The van der Waals surface area contributed by atoms with Crippen molar-refractivity contribution in [2.75, 3.05) is 11.6 Å². The van der Waals surface area contributed by atoms with Crippen LogP contribution in [-0.4, -0.2) is 38.9 Å². The van der Waals surface area contributed by atoms with Gasteiger partial charge in [-0.25, -0.2) is 9.67 Å². The molecule has 12 heteroatoms. The molecule has 0 radical (unpaired) electrons. The van der Waals surface area contributed by atoms with E-state index in [1.54, 1.807) is 43.6 Å². The highest BCUT2D eigenvalue weighted by molar-refractivity contribution is 7.85. The first-order valence-electron chi connectivity index (χ1n) is 12.4. The minimum atomic E-state index is -0.631. The Morgan fingerprint density at radius 3 is 2.67 bits per heavy atom. The highest BCUT2D eigenvalue weighted by Gasteiger charge is 2.24. The predicted octanol–water partition coefficient (Wildman–Crippen LogP) is 4.83. The number of aromatic nitrogens is 3. The van der Waals surface area contributed by atoms with Gasteiger partial charge >= 0.3 is 0 Å². The SMILES string of the molecule is Cc1cc(C#N)cc(C(=O)NC2CCCCC2)c1NC(=O)c1cc(CS(C)=NC#N)nn1-c1ncccc1Cl. The number of amides is 2. The first kappa shape index (κ1) is 28.0. The molecule has 4 rings (SSSR count). The summed E-state index contributed by atoms with van der Waals surface area (Å²) < 4.78 is 5.18. The number of carbonyl (C=O) groups excluding carboxylic acids is 2. The summed E-state index contributed by atoms with van der Waals surface area (Å²) in [7, 11) is -0.631. The van der Waals surface area contributed by atoms with E-state index in [1.165, 1.54) is 16.9 Å². The number of anilines is 1. The number of hydrogen-bond donors (Lipinski definition) is 2. The average molecular weight is 563 g/mol. The maximum atomic E-state index is 13.7. The Morgan fingerprint density at radius 2 is 1.97 bits per heavy atom. The second kappa shape index (κ2) is 12.7. The van der Waals surface area contributed by atoms with Gasteiger partial charge in [0.15, 0.2) is 5.82 Å². The van der Waals surface area contributed by atoms with Crippen LogP contribution in [0.4, 0.5) is 5.69 Å². The summed E-state index contributed by atoms with van der Waals surface area (Å²) in [5.41, 5.74) is 2.09. The molecule has 39 heavy (non-hydrogen) atoms. The zero-order valence-corrected chi connectivity index (χ0v) is 23.1. The van der Waals surface area contributed by atoms with Gasteiger partial charge in [-0.1, -0.05) is 41.6 Å². The molecule has 2 N–H and O–H groups in total. The van der Waals surface area contributed by atoms with Crippen molar-refractivity contribution in [1.29, 1.82) is 10.5 Å². The number of nitrogens with zero attached hydrogens (tertiary/aromatic N) is 6. The van der Waals surface area contributed by atoms with Gasteiger partial charge in [0.2, 0.25) is 6.19 Å². The van der Waals surface area contributed by atoms with Crippen LogP contribution in [0, 0.1) is 29.7 Å². The summed E-state index contributed by atoms with van der Waals surface area (Å²) in [6.07, 6.45) is 10.2. The van der Waals surface area contributed by atoms with Crippen LogP contribution < -0.4 is 10.6 Å². The van der Waals surface area contributed by atoms with Gasteiger partial charge in [0, 0.05) is 18.0 Å². The Kier molecular flexibility index (Phi) is 9.07. The molecule has 1 aliphatic rings.